The average Bonchev–Trinajstić information content (AvgIpc) is 2.76. The van der Waals surface area contributed by atoms with Crippen LogP contribution in [0.1, 0.15) is 43.7 Å². The van der Waals surface area contributed by atoms with Gasteiger partial charge >= 0.3 is 0 Å². The maximum atomic E-state index is 13.1. The third-order valence-electron chi connectivity index (χ3n) is 3.50. The molecule has 3 heteroatoms. The number of hydrogen-bond donors (Lipinski definition) is 1. The smallest absolute Gasteiger partial charge is 0.123 e. The maximum absolute atomic E-state index is 13.1. The zero-order valence-corrected chi connectivity index (χ0v) is 12.5. The molecule has 0 spiro atoms. The van der Waals surface area contributed by atoms with Crippen molar-refractivity contribution >= 4 is 0 Å². The summed E-state index contributed by atoms with van der Waals surface area (Å²) in [7, 11) is 0. The number of rotatable bonds is 4. The highest BCUT2D eigenvalue weighted by Crippen LogP contribution is 2.33. The second kappa shape index (κ2) is 5.80. The van der Waals surface area contributed by atoms with Gasteiger partial charge in [0.05, 0.1) is 12.8 Å². The summed E-state index contributed by atoms with van der Waals surface area (Å²) in [5.41, 5.74) is 2.26. The Kier molecular flexibility index (Phi) is 4.29. The summed E-state index contributed by atoms with van der Waals surface area (Å²) in [6.45, 7) is 9.21. The van der Waals surface area contributed by atoms with E-state index in [1.807, 2.05) is 25.1 Å². The molecule has 2 rings (SSSR count). The highest BCUT2D eigenvalue weighted by atomic mass is 19.1. The molecule has 2 aromatic rings. The minimum atomic E-state index is -0.205. The zero-order chi connectivity index (χ0) is 14.8. The Morgan fingerprint density at radius 1 is 1.15 bits per heavy atom. The number of hydrogen-bond acceptors (Lipinski definition) is 2. The van der Waals surface area contributed by atoms with Crippen LogP contribution in [-0.4, -0.2) is 0 Å². The summed E-state index contributed by atoms with van der Waals surface area (Å²) in [6, 6.07) is 8.79. The van der Waals surface area contributed by atoms with Crippen LogP contribution in [0.4, 0.5) is 4.39 Å². The van der Waals surface area contributed by atoms with Crippen LogP contribution in [0, 0.1) is 18.2 Å². The Balaban J connectivity index is 2.16. The number of benzene rings is 1. The van der Waals surface area contributed by atoms with Gasteiger partial charge in [0.25, 0.3) is 0 Å². The van der Waals surface area contributed by atoms with Crippen LogP contribution in [0.3, 0.4) is 0 Å². The molecule has 0 aliphatic carbocycles. The molecule has 2 nitrogen and oxygen atoms in total. The van der Waals surface area contributed by atoms with Gasteiger partial charge in [-0.1, -0.05) is 32.9 Å². The van der Waals surface area contributed by atoms with Crippen LogP contribution < -0.4 is 5.32 Å². The summed E-state index contributed by atoms with van der Waals surface area (Å²) in [4.78, 5) is 0. The van der Waals surface area contributed by atoms with Crippen LogP contribution in [0.15, 0.2) is 41.0 Å². The monoisotopic (exact) mass is 275 g/mol. The molecule has 1 N–H and O–H groups in total. The van der Waals surface area contributed by atoms with Crippen molar-refractivity contribution in [2.24, 2.45) is 5.41 Å². The summed E-state index contributed by atoms with van der Waals surface area (Å²) in [5.74, 6) is 0.740. The lowest BCUT2D eigenvalue weighted by Gasteiger charge is -2.32. The van der Waals surface area contributed by atoms with Gasteiger partial charge in [-0.15, -0.1) is 0 Å². The first-order chi connectivity index (χ1) is 9.38. The van der Waals surface area contributed by atoms with Gasteiger partial charge in [-0.2, -0.15) is 0 Å². The molecule has 20 heavy (non-hydrogen) atoms. The maximum Gasteiger partial charge on any atom is 0.123 e. The molecule has 1 heterocycles. The van der Waals surface area contributed by atoms with Gasteiger partial charge < -0.3 is 9.73 Å². The first kappa shape index (κ1) is 14.8. The highest BCUT2D eigenvalue weighted by molar-refractivity contribution is 5.22. The number of nitrogens with one attached hydrogen (secondary N) is 1. The number of halogens is 1. The molecule has 1 aromatic heterocycles. The van der Waals surface area contributed by atoms with Crippen LogP contribution in [0.5, 0.6) is 0 Å². The third-order valence-corrected chi connectivity index (χ3v) is 3.50. The quantitative estimate of drug-likeness (QED) is 0.882. The summed E-state index contributed by atoms with van der Waals surface area (Å²) >= 11 is 0. The Hall–Kier alpha value is -1.61. The standard InChI is InChI=1S/C17H22FNO/c1-12-9-10-20-15(12)11-19-16(17(2,3)4)13-5-7-14(18)8-6-13/h5-10,16,19H,11H2,1-4H3. The van der Waals surface area contributed by atoms with Gasteiger partial charge in [-0.25, -0.2) is 4.39 Å². The van der Waals surface area contributed by atoms with Gasteiger partial charge in [0.1, 0.15) is 11.6 Å². The van der Waals surface area contributed by atoms with Gasteiger partial charge in [0.15, 0.2) is 0 Å². The van der Waals surface area contributed by atoms with Crippen molar-refractivity contribution in [1.29, 1.82) is 0 Å². The van der Waals surface area contributed by atoms with E-state index in [0.29, 0.717) is 6.54 Å². The van der Waals surface area contributed by atoms with E-state index in [-0.39, 0.29) is 17.3 Å². The first-order valence-electron chi connectivity index (χ1n) is 6.90. The van der Waals surface area contributed by atoms with E-state index in [9.17, 15) is 4.39 Å². The molecule has 1 unspecified atom stereocenters. The van der Waals surface area contributed by atoms with Crippen LogP contribution in [-0.2, 0) is 6.54 Å². The topological polar surface area (TPSA) is 25.2 Å². The lowest BCUT2D eigenvalue weighted by Crippen LogP contribution is -2.32. The predicted octanol–water partition coefficient (Wildman–Crippen LogP) is 4.60. The second-order valence-electron chi connectivity index (χ2n) is 6.26. The molecule has 0 bridgehead atoms. The Bertz CT molecular complexity index is 551. The molecule has 0 fully saturated rings. The molecular formula is C17H22FNO. The van der Waals surface area contributed by atoms with Gasteiger partial charge in [-0.05, 0) is 41.7 Å². The van der Waals surface area contributed by atoms with E-state index in [2.05, 4.69) is 26.1 Å². The second-order valence-corrected chi connectivity index (χ2v) is 6.26. The Morgan fingerprint density at radius 2 is 1.80 bits per heavy atom. The molecule has 0 radical (unpaired) electrons. The molecule has 1 atom stereocenters. The molecule has 1 aromatic carbocycles. The molecule has 0 saturated heterocycles. The average molecular weight is 275 g/mol. The van der Waals surface area contributed by atoms with Crippen molar-refractivity contribution in [3.8, 4) is 0 Å². The first-order valence-corrected chi connectivity index (χ1v) is 6.90. The highest BCUT2D eigenvalue weighted by Gasteiger charge is 2.26. The van der Waals surface area contributed by atoms with E-state index in [4.69, 9.17) is 4.42 Å². The lowest BCUT2D eigenvalue weighted by molar-refractivity contribution is 0.264. The van der Waals surface area contributed by atoms with E-state index < -0.39 is 0 Å². The van der Waals surface area contributed by atoms with Crippen LogP contribution in [0.25, 0.3) is 0 Å². The fraction of sp³-hybridized carbons (Fsp3) is 0.412. The van der Waals surface area contributed by atoms with Crippen LogP contribution >= 0.6 is 0 Å². The van der Waals surface area contributed by atoms with E-state index in [0.717, 1.165) is 16.9 Å². The minimum Gasteiger partial charge on any atom is -0.468 e. The zero-order valence-electron chi connectivity index (χ0n) is 12.5. The minimum absolute atomic E-state index is 0.0261. The summed E-state index contributed by atoms with van der Waals surface area (Å²) in [6.07, 6.45) is 1.70. The SMILES string of the molecule is Cc1ccoc1CNC(c1ccc(F)cc1)C(C)(C)C. The van der Waals surface area contributed by atoms with Crippen molar-refractivity contribution in [3.05, 3.63) is 59.3 Å². The number of aryl methyl sites for hydroxylation is 1. The van der Waals surface area contributed by atoms with Crippen molar-refractivity contribution in [2.75, 3.05) is 0 Å². The van der Waals surface area contributed by atoms with Crippen molar-refractivity contribution in [2.45, 2.75) is 40.3 Å². The Morgan fingerprint density at radius 3 is 2.30 bits per heavy atom. The molecule has 0 saturated carbocycles. The fourth-order valence-electron chi connectivity index (χ4n) is 2.36. The van der Waals surface area contributed by atoms with E-state index >= 15 is 0 Å². The van der Waals surface area contributed by atoms with Gasteiger partial charge in [-0.3, -0.25) is 0 Å². The number of furan rings is 1. The van der Waals surface area contributed by atoms with Crippen molar-refractivity contribution in [3.63, 3.8) is 0 Å². The Labute approximate surface area is 120 Å². The van der Waals surface area contributed by atoms with Gasteiger partial charge in [0.2, 0.25) is 0 Å². The normalized spacial score (nSPS) is 13.4. The van der Waals surface area contributed by atoms with Crippen molar-refractivity contribution < 1.29 is 8.81 Å². The largest absolute Gasteiger partial charge is 0.468 e. The predicted molar refractivity (Wildman–Crippen MR) is 78.9 cm³/mol. The van der Waals surface area contributed by atoms with E-state index in [1.54, 1.807) is 6.26 Å². The fourth-order valence-corrected chi connectivity index (χ4v) is 2.36. The molecule has 0 amide bonds. The lowest BCUT2D eigenvalue weighted by atomic mass is 9.82. The molecule has 0 aliphatic rings. The molecule has 108 valence electrons. The van der Waals surface area contributed by atoms with Crippen LogP contribution in [0.2, 0.25) is 0 Å². The summed E-state index contributed by atoms with van der Waals surface area (Å²) in [5, 5.41) is 3.52. The molecular weight excluding hydrogens is 253 g/mol. The van der Waals surface area contributed by atoms with Gasteiger partial charge in [0, 0.05) is 6.04 Å². The third kappa shape index (κ3) is 3.48. The molecule has 0 aliphatic heterocycles. The van der Waals surface area contributed by atoms with E-state index in [1.165, 1.54) is 12.1 Å². The summed E-state index contributed by atoms with van der Waals surface area (Å²) < 4.78 is 18.5. The van der Waals surface area contributed by atoms with Crippen molar-refractivity contribution in [1.82, 2.24) is 5.32 Å².